The number of rotatable bonds is 6. The Bertz CT molecular complexity index is 545. The summed E-state index contributed by atoms with van der Waals surface area (Å²) in [5.74, 6) is -0.832. The monoisotopic (exact) mass is 296 g/mol. The summed E-state index contributed by atoms with van der Waals surface area (Å²) in [4.78, 5) is 21.8. The molecule has 1 aliphatic heterocycles. The first-order chi connectivity index (χ1) is 9.47. The van der Waals surface area contributed by atoms with E-state index in [1.165, 1.54) is 0 Å². The number of carboxylic acids is 1. The molecule has 20 heavy (non-hydrogen) atoms. The summed E-state index contributed by atoms with van der Waals surface area (Å²) in [6.45, 7) is 0. The summed E-state index contributed by atoms with van der Waals surface area (Å²) in [6, 6.07) is 3.36. The summed E-state index contributed by atoms with van der Waals surface area (Å²) in [7, 11) is 0. The van der Waals surface area contributed by atoms with Crippen LogP contribution in [0, 0.1) is 0 Å². The van der Waals surface area contributed by atoms with Crippen molar-refractivity contribution in [3.63, 3.8) is 0 Å². The molecule has 1 amide bonds. The normalized spacial score (nSPS) is 14.8. The molecule has 0 bridgehead atoms. The van der Waals surface area contributed by atoms with Gasteiger partial charge in [-0.25, -0.2) is 0 Å². The molecule has 0 saturated heterocycles. The number of carbonyl (C=O) groups excluding carboxylic acids is 1. The molecule has 1 heterocycles. The van der Waals surface area contributed by atoms with Crippen LogP contribution < -0.4 is 11.1 Å². The number of carbonyl (C=O) groups is 2. The van der Waals surface area contributed by atoms with E-state index in [9.17, 15) is 9.59 Å². The highest BCUT2D eigenvalue weighted by molar-refractivity contribution is 6.32. The van der Waals surface area contributed by atoms with Gasteiger partial charge in [0.1, 0.15) is 0 Å². The van der Waals surface area contributed by atoms with Crippen LogP contribution in [0.25, 0.3) is 0 Å². The largest absolute Gasteiger partial charge is 0.481 e. The topological polar surface area (TPSA) is 92.4 Å². The van der Waals surface area contributed by atoms with Crippen LogP contribution in [0.15, 0.2) is 12.1 Å². The van der Waals surface area contributed by atoms with Crippen molar-refractivity contribution in [2.24, 2.45) is 5.73 Å². The van der Waals surface area contributed by atoms with Crippen LogP contribution in [0.2, 0.25) is 5.02 Å². The first-order valence-electron chi connectivity index (χ1n) is 6.57. The van der Waals surface area contributed by atoms with Crippen LogP contribution in [0.5, 0.6) is 0 Å². The highest BCUT2D eigenvalue weighted by Crippen LogP contribution is 2.33. The molecule has 6 heteroatoms. The number of benzene rings is 1. The van der Waals surface area contributed by atoms with Gasteiger partial charge in [0.25, 0.3) is 0 Å². The van der Waals surface area contributed by atoms with Crippen molar-refractivity contribution in [2.45, 2.75) is 38.1 Å². The zero-order valence-electron chi connectivity index (χ0n) is 11.0. The zero-order chi connectivity index (χ0) is 14.7. The third kappa shape index (κ3) is 3.49. The molecule has 0 spiro atoms. The lowest BCUT2D eigenvalue weighted by atomic mass is 9.98. The van der Waals surface area contributed by atoms with Gasteiger partial charge in [-0.2, -0.15) is 0 Å². The van der Waals surface area contributed by atoms with E-state index < -0.39 is 5.97 Å². The van der Waals surface area contributed by atoms with E-state index in [1.54, 1.807) is 6.07 Å². The molecular formula is C14H17ClN2O3. The van der Waals surface area contributed by atoms with Crippen LogP contribution in [0.4, 0.5) is 5.69 Å². The number of carboxylic acid groups (broad SMARTS) is 1. The maximum Gasteiger partial charge on any atom is 0.303 e. The number of hydrogen-bond donors (Lipinski definition) is 3. The fraction of sp³-hybridized carbons (Fsp3) is 0.429. The van der Waals surface area contributed by atoms with Gasteiger partial charge in [-0.05, 0) is 30.0 Å². The lowest BCUT2D eigenvalue weighted by Crippen LogP contribution is -2.11. The lowest BCUT2D eigenvalue weighted by Gasteiger charge is -2.15. The molecule has 2 rings (SSSR count). The van der Waals surface area contributed by atoms with Gasteiger partial charge < -0.3 is 16.2 Å². The second-order valence-corrected chi connectivity index (χ2v) is 5.41. The van der Waals surface area contributed by atoms with Crippen molar-refractivity contribution in [3.8, 4) is 0 Å². The van der Waals surface area contributed by atoms with Gasteiger partial charge in [-0.15, -0.1) is 0 Å². The Labute approximate surface area is 122 Å². The molecule has 0 fully saturated rings. The van der Waals surface area contributed by atoms with Crippen molar-refractivity contribution in [2.75, 3.05) is 5.32 Å². The quantitative estimate of drug-likeness (QED) is 0.703. The Morgan fingerprint density at radius 3 is 2.90 bits per heavy atom. The van der Waals surface area contributed by atoms with Gasteiger partial charge in [-0.3, -0.25) is 9.59 Å². The molecule has 0 aromatic heterocycles. The fourth-order valence-electron chi connectivity index (χ4n) is 2.35. The summed E-state index contributed by atoms with van der Waals surface area (Å²) in [5, 5.41) is 11.9. The van der Waals surface area contributed by atoms with Gasteiger partial charge in [0, 0.05) is 23.2 Å². The van der Waals surface area contributed by atoms with Crippen LogP contribution in [-0.2, 0) is 16.0 Å². The van der Waals surface area contributed by atoms with E-state index in [0.717, 1.165) is 23.2 Å². The third-order valence-corrected chi connectivity index (χ3v) is 3.73. The first kappa shape index (κ1) is 14.8. The number of unbranched alkanes of at least 4 members (excludes halogenated alkanes) is 1. The van der Waals surface area contributed by atoms with E-state index in [0.29, 0.717) is 24.3 Å². The van der Waals surface area contributed by atoms with E-state index in [-0.39, 0.29) is 18.4 Å². The number of aliphatic carboxylic acids is 1. The maximum atomic E-state index is 11.3. The van der Waals surface area contributed by atoms with Crippen LogP contribution in [0.1, 0.15) is 42.9 Å². The van der Waals surface area contributed by atoms with Gasteiger partial charge >= 0.3 is 5.97 Å². The van der Waals surface area contributed by atoms with E-state index in [4.69, 9.17) is 22.4 Å². The molecule has 0 saturated carbocycles. The van der Waals surface area contributed by atoms with Gasteiger partial charge in [-0.1, -0.05) is 24.1 Å². The van der Waals surface area contributed by atoms with Gasteiger partial charge in [0.05, 0.1) is 6.42 Å². The van der Waals surface area contributed by atoms with Crippen molar-refractivity contribution in [1.82, 2.24) is 0 Å². The van der Waals surface area contributed by atoms with Gasteiger partial charge in [0.15, 0.2) is 0 Å². The van der Waals surface area contributed by atoms with Crippen molar-refractivity contribution < 1.29 is 14.7 Å². The van der Waals surface area contributed by atoms with Crippen molar-refractivity contribution in [3.05, 3.63) is 28.3 Å². The maximum absolute atomic E-state index is 11.3. The Hall–Kier alpha value is -1.59. The van der Waals surface area contributed by atoms with E-state index >= 15 is 0 Å². The predicted molar refractivity (Wildman–Crippen MR) is 76.8 cm³/mol. The average molecular weight is 297 g/mol. The Kier molecular flexibility index (Phi) is 4.62. The van der Waals surface area contributed by atoms with Crippen LogP contribution in [-0.4, -0.2) is 17.0 Å². The molecule has 1 aliphatic rings. The number of nitrogens with two attached hydrogens (primary N) is 1. The molecule has 1 aromatic carbocycles. The third-order valence-electron chi connectivity index (χ3n) is 3.40. The number of halogens is 1. The van der Waals surface area contributed by atoms with Gasteiger partial charge in [0.2, 0.25) is 5.91 Å². The Morgan fingerprint density at radius 2 is 2.20 bits per heavy atom. The minimum absolute atomic E-state index is 0.0387. The summed E-state index contributed by atoms with van der Waals surface area (Å²) in [6.07, 6.45) is 2.52. The smallest absolute Gasteiger partial charge is 0.303 e. The minimum Gasteiger partial charge on any atom is -0.481 e. The predicted octanol–water partition coefficient (Wildman–Crippen LogP) is 2.48. The first-order valence-corrected chi connectivity index (χ1v) is 6.94. The van der Waals surface area contributed by atoms with E-state index in [1.807, 2.05) is 6.07 Å². The molecule has 1 unspecified atom stereocenters. The zero-order valence-corrected chi connectivity index (χ0v) is 11.7. The van der Waals surface area contributed by atoms with E-state index in [2.05, 4.69) is 5.32 Å². The summed E-state index contributed by atoms with van der Waals surface area (Å²) >= 11 is 6.19. The lowest BCUT2D eigenvalue weighted by molar-refractivity contribution is -0.137. The molecule has 0 aliphatic carbocycles. The second-order valence-electron chi connectivity index (χ2n) is 5.00. The highest BCUT2D eigenvalue weighted by Gasteiger charge is 2.21. The standard InChI is InChI=1S/C14H17ClN2O3/c15-10-7-12-8(6-13(18)17-12)5-9(10)11(16)3-1-2-4-14(19)20/h5,7,11H,1-4,6,16H2,(H,17,18)(H,19,20). The molecular weight excluding hydrogens is 280 g/mol. The molecule has 5 nitrogen and oxygen atoms in total. The Balaban J connectivity index is 2.00. The number of nitrogens with one attached hydrogen (secondary N) is 1. The highest BCUT2D eigenvalue weighted by atomic mass is 35.5. The summed E-state index contributed by atoms with van der Waals surface area (Å²) in [5.41, 5.74) is 8.59. The summed E-state index contributed by atoms with van der Waals surface area (Å²) < 4.78 is 0. The Morgan fingerprint density at radius 1 is 1.45 bits per heavy atom. The molecule has 1 atom stereocenters. The average Bonchev–Trinajstić information content (AvgIpc) is 2.72. The minimum atomic E-state index is -0.793. The van der Waals surface area contributed by atoms with Crippen LogP contribution >= 0.6 is 11.6 Å². The fourth-order valence-corrected chi connectivity index (χ4v) is 2.65. The number of amides is 1. The van der Waals surface area contributed by atoms with Crippen molar-refractivity contribution in [1.29, 1.82) is 0 Å². The molecule has 108 valence electrons. The van der Waals surface area contributed by atoms with Crippen LogP contribution in [0.3, 0.4) is 0 Å². The molecule has 0 radical (unpaired) electrons. The van der Waals surface area contributed by atoms with Crippen molar-refractivity contribution >= 4 is 29.2 Å². The SMILES string of the molecule is NC(CCCCC(=O)O)c1cc2c(cc1Cl)NC(=O)C2. The number of fused-ring (bicyclic) bond motifs is 1. The molecule has 1 aromatic rings. The number of anilines is 1. The number of hydrogen-bond acceptors (Lipinski definition) is 3. The second kappa shape index (κ2) is 6.24. The molecule has 4 N–H and O–H groups in total.